The molecule has 114 valence electrons. The molecule has 0 bridgehead atoms. The number of aryl methyl sites for hydroxylation is 1. The Balaban J connectivity index is 0.00000161. The number of halogens is 1. The highest BCUT2D eigenvalue weighted by molar-refractivity contribution is 5.85. The fourth-order valence-corrected chi connectivity index (χ4v) is 2.83. The van der Waals surface area contributed by atoms with Crippen LogP contribution in [0.4, 0.5) is 5.69 Å². The number of rotatable bonds is 3. The molecule has 1 atom stereocenters. The first-order chi connectivity index (χ1) is 9.70. The van der Waals surface area contributed by atoms with Gasteiger partial charge < -0.3 is 10.3 Å². The lowest BCUT2D eigenvalue weighted by molar-refractivity contribution is 0.180. The van der Waals surface area contributed by atoms with Crippen LogP contribution in [0.2, 0.25) is 0 Å². The molecule has 1 aromatic carbocycles. The molecule has 0 aliphatic carbocycles. The Morgan fingerprint density at radius 3 is 3.00 bits per heavy atom. The van der Waals surface area contributed by atoms with Gasteiger partial charge >= 0.3 is 0 Å². The fourth-order valence-electron chi connectivity index (χ4n) is 2.83. The van der Waals surface area contributed by atoms with Gasteiger partial charge in [-0.3, -0.25) is 4.90 Å². The maximum atomic E-state index is 5.83. The minimum atomic E-state index is 0. The summed E-state index contributed by atoms with van der Waals surface area (Å²) in [5, 5.41) is 3.89. The standard InChI is InChI=1S/C15H20N4O.ClH/c1-11-17-15(20-18-11)13-5-3-7-19(10-13)9-12-4-2-6-14(16)8-12;/h2,4,6,8,13H,3,5,7,9-10,16H2,1H3;1H. The minimum absolute atomic E-state index is 0. The monoisotopic (exact) mass is 308 g/mol. The number of aromatic nitrogens is 2. The number of piperidine rings is 1. The van der Waals surface area contributed by atoms with Crippen LogP contribution in [0.25, 0.3) is 0 Å². The predicted octanol–water partition coefficient (Wildman–Crippen LogP) is 2.76. The Labute approximate surface area is 130 Å². The highest BCUT2D eigenvalue weighted by Gasteiger charge is 2.25. The molecule has 2 N–H and O–H groups in total. The molecule has 0 saturated carbocycles. The van der Waals surface area contributed by atoms with Crippen molar-refractivity contribution in [1.82, 2.24) is 15.0 Å². The molecule has 0 amide bonds. The predicted molar refractivity (Wildman–Crippen MR) is 84.4 cm³/mol. The lowest BCUT2D eigenvalue weighted by Gasteiger charge is -2.30. The van der Waals surface area contributed by atoms with Gasteiger partial charge in [-0.25, -0.2) is 0 Å². The van der Waals surface area contributed by atoms with Crippen molar-refractivity contribution in [2.45, 2.75) is 32.2 Å². The van der Waals surface area contributed by atoms with E-state index in [4.69, 9.17) is 10.3 Å². The third-order valence-corrected chi connectivity index (χ3v) is 3.76. The normalized spacial score (nSPS) is 19.2. The van der Waals surface area contributed by atoms with Crippen LogP contribution in [-0.4, -0.2) is 28.1 Å². The van der Waals surface area contributed by atoms with Gasteiger partial charge in [0.2, 0.25) is 5.89 Å². The SMILES string of the molecule is Cc1noc(C2CCCN(Cc3cccc(N)c3)C2)n1.Cl. The van der Waals surface area contributed by atoms with Gasteiger partial charge in [0, 0.05) is 18.8 Å². The van der Waals surface area contributed by atoms with Crippen molar-refractivity contribution in [3.05, 3.63) is 41.5 Å². The molecule has 2 aromatic rings. The molecule has 0 spiro atoms. The van der Waals surface area contributed by atoms with Crippen LogP contribution in [0.15, 0.2) is 28.8 Å². The van der Waals surface area contributed by atoms with Crippen molar-refractivity contribution in [3.8, 4) is 0 Å². The van der Waals surface area contributed by atoms with Crippen molar-refractivity contribution in [2.24, 2.45) is 0 Å². The van der Waals surface area contributed by atoms with E-state index in [1.54, 1.807) is 0 Å². The molecular formula is C15H21ClN4O. The molecule has 1 saturated heterocycles. The van der Waals surface area contributed by atoms with Crippen LogP contribution in [0.5, 0.6) is 0 Å². The molecule has 6 heteroatoms. The van der Waals surface area contributed by atoms with E-state index in [0.717, 1.165) is 44.1 Å². The summed E-state index contributed by atoms with van der Waals surface area (Å²) in [5.41, 5.74) is 7.91. The van der Waals surface area contributed by atoms with Gasteiger partial charge in [-0.15, -0.1) is 12.4 Å². The Hall–Kier alpha value is -1.59. The van der Waals surface area contributed by atoms with Crippen LogP contribution in [0.1, 0.15) is 36.0 Å². The molecule has 1 aliphatic rings. The second-order valence-electron chi connectivity index (χ2n) is 5.50. The number of hydrogen-bond donors (Lipinski definition) is 1. The van der Waals surface area contributed by atoms with Crippen LogP contribution in [0.3, 0.4) is 0 Å². The van der Waals surface area contributed by atoms with Crippen molar-refractivity contribution in [1.29, 1.82) is 0 Å². The molecule has 0 radical (unpaired) electrons. The summed E-state index contributed by atoms with van der Waals surface area (Å²) in [7, 11) is 0. The minimum Gasteiger partial charge on any atom is -0.399 e. The van der Waals surface area contributed by atoms with Crippen molar-refractivity contribution >= 4 is 18.1 Å². The van der Waals surface area contributed by atoms with E-state index in [1.807, 2.05) is 25.1 Å². The molecule has 2 heterocycles. The second kappa shape index (κ2) is 6.91. The Kier molecular flexibility index (Phi) is 5.20. The smallest absolute Gasteiger partial charge is 0.231 e. The maximum absolute atomic E-state index is 5.83. The first-order valence-corrected chi connectivity index (χ1v) is 7.07. The van der Waals surface area contributed by atoms with Gasteiger partial charge in [0.25, 0.3) is 0 Å². The van der Waals surface area contributed by atoms with E-state index >= 15 is 0 Å². The molecule has 1 fully saturated rings. The summed E-state index contributed by atoms with van der Waals surface area (Å²) >= 11 is 0. The third kappa shape index (κ3) is 3.95. The zero-order valence-corrected chi connectivity index (χ0v) is 13.0. The summed E-state index contributed by atoms with van der Waals surface area (Å²) in [6, 6.07) is 8.09. The van der Waals surface area contributed by atoms with E-state index in [0.29, 0.717) is 11.7 Å². The molecule has 1 aromatic heterocycles. The van der Waals surface area contributed by atoms with E-state index in [1.165, 1.54) is 5.56 Å². The molecular weight excluding hydrogens is 288 g/mol. The van der Waals surface area contributed by atoms with Gasteiger partial charge in [0.1, 0.15) is 0 Å². The number of hydrogen-bond acceptors (Lipinski definition) is 5. The van der Waals surface area contributed by atoms with Gasteiger partial charge in [-0.1, -0.05) is 17.3 Å². The molecule has 1 unspecified atom stereocenters. The fraction of sp³-hybridized carbons (Fsp3) is 0.467. The van der Waals surface area contributed by atoms with Gasteiger partial charge in [-0.2, -0.15) is 4.98 Å². The first-order valence-electron chi connectivity index (χ1n) is 7.07. The number of anilines is 1. The van der Waals surface area contributed by atoms with Gasteiger partial charge in [-0.05, 0) is 44.0 Å². The van der Waals surface area contributed by atoms with Gasteiger partial charge in [0.15, 0.2) is 5.82 Å². The number of nitrogen functional groups attached to an aromatic ring is 1. The summed E-state index contributed by atoms with van der Waals surface area (Å²) in [6.45, 7) is 4.86. The van der Waals surface area contributed by atoms with E-state index in [2.05, 4.69) is 21.1 Å². The summed E-state index contributed by atoms with van der Waals surface area (Å²) < 4.78 is 5.31. The lowest BCUT2D eigenvalue weighted by atomic mass is 9.97. The third-order valence-electron chi connectivity index (χ3n) is 3.76. The Morgan fingerprint density at radius 1 is 1.43 bits per heavy atom. The van der Waals surface area contributed by atoms with Crippen LogP contribution >= 0.6 is 12.4 Å². The molecule has 3 rings (SSSR count). The second-order valence-corrected chi connectivity index (χ2v) is 5.50. The zero-order valence-electron chi connectivity index (χ0n) is 12.2. The van der Waals surface area contributed by atoms with E-state index < -0.39 is 0 Å². The van der Waals surface area contributed by atoms with Crippen LogP contribution in [-0.2, 0) is 6.54 Å². The largest absolute Gasteiger partial charge is 0.399 e. The summed E-state index contributed by atoms with van der Waals surface area (Å²) in [6.07, 6.45) is 2.28. The topological polar surface area (TPSA) is 68.2 Å². The highest BCUT2D eigenvalue weighted by atomic mass is 35.5. The Morgan fingerprint density at radius 2 is 2.29 bits per heavy atom. The molecule has 21 heavy (non-hydrogen) atoms. The number of benzene rings is 1. The van der Waals surface area contributed by atoms with Crippen molar-refractivity contribution < 1.29 is 4.52 Å². The van der Waals surface area contributed by atoms with Crippen LogP contribution in [0, 0.1) is 6.92 Å². The number of nitrogens with zero attached hydrogens (tertiary/aromatic N) is 3. The zero-order chi connectivity index (χ0) is 13.9. The average Bonchev–Trinajstić information content (AvgIpc) is 2.86. The quantitative estimate of drug-likeness (QED) is 0.883. The summed E-state index contributed by atoms with van der Waals surface area (Å²) in [5.74, 6) is 1.85. The van der Waals surface area contributed by atoms with Crippen molar-refractivity contribution in [3.63, 3.8) is 0 Å². The summed E-state index contributed by atoms with van der Waals surface area (Å²) in [4.78, 5) is 6.80. The maximum Gasteiger partial charge on any atom is 0.231 e. The van der Waals surface area contributed by atoms with Crippen molar-refractivity contribution in [2.75, 3.05) is 18.8 Å². The lowest BCUT2D eigenvalue weighted by Crippen LogP contribution is -2.34. The molecule has 1 aliphatic heterocycles. The Bertz CT molecular complexity index is 587. The molecule has 5 nitrogen and oxygen atoms in total. The first kappa shape index (κ1) is 15.8. The van der Waals surface area contributed by atoms with Crippen LogP contribution < -0.4 is 5.73 Å². The average molecular weight is 309 g/mol. The van der Waals surface area contributed by atoms with E-state index in [9.17, 15) is 0 Å². The van der Waals surface area contributed by atoms with E-state index in [-0.39, 0.29) is 12.4 Å². The highest BCUT2D eigenvalue weighted by Crippen LogP contribution is 2.26. The number of nitrogens with two attached hydrogens (primary N) is 1. The van der Waals surface area contributed by atoms with Gasteiger partial charge in [0.05, 0.1) is 5.92 Å². The number of likely N-dealkylation sites (tertiary alicyclic amines) is 1.